The average Bonchev–Trinajstić information content (AvgIpc) is 3.73. The molecule has 6 heterocycles. The largest absolute Gasteiger partial charge is 2.00 e. The van der Waals surface area contributed by atoms with Gasteiger partial charge in [0, 0.05) is 57.1 Å². The number of aromatic nitrogens is 9. The van der Waals surface area contributed by atoms with Crippen LogP contribution in [0.3, 0.4) is 0 Å². The molecule has 1 radical (unpaired) electrons. The van der Waals surface area contributed by atoms with Crippen molar-refractivity contribution in [3.63, 3.8) is 0 Å². The first-order valence-corrected chi connectivity index (χ1v) is 13.0. The summed E-state index contributed by atoms with van der Waals surface area (Å²) in [5, 5.41) is 0.792. The van der Waals surface area contributed by atoms with Crippen LogP contribution in [0, 0.1) is 0 Å². The van der Waals surface area contributed by atoms with Crippen molar-refractivity contribution in [3.8, 4) is 22.8 Å². The molecule has 0 N–H and O–H groups in total. The first-order valence-electron chi connectivity index (χ1n) is 13.0. The normalized spacial score (nSPS) is 18.5. The van der Waals surface area contributed by atoms with Crippen LogP contribution in [0.4, 0.5) is 0 Å². The first kappa shape index (κ1) is 23.8. The second kappa shape index (κ2) is 8.99. The van der Waals surface area contributed by atoms with Gasteiger partial charge in [-0.3, -0.25) is 4.98 Å². The second-order valence-electron chi connectivity index (χ2n) is 9.85. The summed E-state index contributed by atoms with van der Waals surface area (Å²) in [5.41, 5.74) is 6.47. The smallest absolute Gasteiger partial charge is 0.361 e. The summed E-state index contributed by atoms with van der Waals surface area (Å²) in [4.78, 5) is 43.9. The van der Waals surface area contributed by atoms with E-state index in [0.29, 0.717) is 51.1 Å². The number of pyridine rings is 1. The van der Waals surface area contributed by atoms with E-state index in [9.17, 15) is 0 Å². The van der Waals surface area contributed by atoms with Crippen LogP contribution in [0.2, 0.25) is 0 Å². The van der Waals surface area contributed by atoms with Gasteiger partial charge in [0.05, 0.1) is 28.5 Å². The molecule has 9 rings (SSSR count). The number of hydrogen-bond donors (Lipinski definition) is 0. The molecule has 9 nitrogen and oxygen atoms in total. The molecular weight excluding hydrogens is 562 g/mol. The molecule has 2 atom stereocenters. The van der Waals surface area contributed by atoms with Gasteiger partial charge in [0.25, 0.3) is 0 Å². The maximum Gasteiger partial charge on any atom is 2.00 e. The first-order chi connectivity index (χ1) is 19.8. The zero-order valence-corrected chi connectivity index (χ0v) is 22.1. The molecule has 4 aromatic rings. The third-order valence-electron chi connectivity index (χ3n) is 7.52. The molecule has 2 unspecified atom stereocenters. The van der Waals surface area contributed by atoms with Crippen molar-refractivity contribution < 1.29 is 17.1 Å². The zero-order chi connectivity index (χ0) is 26.2. The minimum Gasteiger partial charge on any atom is -0.361 e. The number of hydrogen-bond acceptors (Lipinski definition) is 7. The molecule has 0 saturated heterocycles. The summed E-state index contributed by atoms with van der Waals surface area (Å²) in [7, 11) is 0. The van der Waals surface area contributed by atoms with Gasteiger partial charge in [-0.1, -0.05) is 78.9 Å². The summed E-state index contributed by atoms with van der Waals surface area (Å²) < 4.78 is 0. The van der Waals surface area contributed by atoms with Crippen molar-refractivity contribution in [2.24, 2.45) is 0 Å². The third kappa shape index (κ3) is 3.58. The van der Waals surface area contributed by atoms with E-state index in [1.54, 1.807) is 6.20 Å². The van der Waals surface area contributed by atoms with Crippen LogP contribution in [0.25, 0.3) is 56.1 Å². The van der Waals surface area contributed by atoms with E-state index in [4.69, 9.17) is 39.9 Å². The molecule has 197 valence electrons. The fraction of sp³-hybridized carbons (Fsp3) is 0.0645. The van der Waals surface area contributed by atoms with Crippen molar-refractivity contribution in [2.45, 2.75) is 11.8 Å². The molecule has 41 heavy (non-hydrogen) atoms. The van der Waals surface area contributed by atoms with Crippen molar-refractivity contribution in [3.05, 3.63) is 114 Å². The number of fused-ring (bicyclic) bond motifs is 18. The Morgan fingerprint density at radius 1 is 0.634 bits per heavy atom. The summed E-state index contributed by atoms with van der Waals surface area (Å²) in [6.45, 7) is 0. The molecular formula is C31H17CuN9. The van der Waals surface area contributed by atoms with Crippen LogP contribution in [0.15, 0.2) is 91.2 Å². The molecule has 3 aromatic heterocycles. The number of benzene rings is 1. The van der Waals surface area contributed by atoms with E-state index >= 15 is 0 Å². The third-order valence-corrected chi connectivity index (χ3v) is 7.52. The topological polar surface area (TPSA) is 118 Å². The fourth-order valence-electron chi connectivity index (χ4n) is 5.64. The van der Waals surface area contributed by atoms with Crippen molar-refractivity contribution in [2.75, 3.05) is 0 Å². The maximum atomic E-state index is 5.01. The summed E-state index contributed by atoms with van der Waals surface area (Å²) >= 11 is 0. The van der Waals surface area contributed by atoms with Crippen molar-refractivity contribution in [1.29, 1.82) is 0 Å². The van der Waals surface area contributed by atoms with Crippen LogP contribution in [0.1, 0.15) is 23.5 Å². The van der Waals surface area contributed by atoms with Gasteiger partial charge in [-0.05, 0) is 17.2 Å². The van der Waals surface area contributed by atoms with Crippen LogP contribution in [-0.2, 0) is 17.1 Å². The van der Waals surface area contributed by atoms with E-state index in [0.717, 1.165) is 27.7 Å². The van der Waals surface area contributed by atoms with Crippen LogP contribution in [-0.4, -0.2) is 34.9 Å². The van der Waals surface area contributed by atoms with Gasteiger partial charge in [-0.15, -0.1) is 0 Å². The molecule has 0 fully saturated rings. The Morgan fingerprint density at radius 2 is 1.41 bits per heavy atom. The SMILES string of the molecule is C1=CC2=c3nc(nc4[n-]c(nc5nc(nc6[n-]c(n3)c3ncccc63)-c3ccccc3-5)=C3C=CC=CC34)C2C=C1.[Cu+2]. The molecule has 2 aliphatic carbocycles. The molecule has 0 saturated carbocycles. The van der Waals surface area contributed by atoms with Crippen LogP contribution >= 0.6 is 0 Å². The Balaban J connectivity index is 0.00000256. The van der Waals surface area contributed by atoms with Crippen molar-refractivity contribution in [1.82, 2.24) is 44.9 Å². The predicted octanol–water partition coefficient (Wildman–Crippen LogP) is 2.88. The Morgan fingerprint density at radius 3 is 2.27 bits per heavy atom. The molecule has 0 spiro atoms. The van der Waals surface area contributed by atoms with Crippen molar-refractivity contribution >= 4 is 33.3 Å². The number of rotatable bonds is 0. The molecule has 0 amide bonds. The number of allylic oxidation sites excluding steroid dienone is 8. The van der Waals surface area contributed by atoms with E-state index in [2.05, 4.69) is 17.1 Å². The monoisotopic (exact) mass is 578 g/mol. The zero-order valence-electron chi connectivity index (χ0n) is 21.1. The molecule has 8 bridgehead atoms. The average molecular weight is 579 g/mol. The summed E-state index contributed by atoms with van der Waals surface area (Å²) in [6, 6.07) is 11.8. The van der Waals surface area contributed by atoms with E-state index in [-0.39, 0.29) is 28.9 Å². The van der Waals surface area contributed by atoms with Gasteiger partial charge in [-0.2, -0.15) is 0 Å². The minimum atomic E-state index is -0.129. The second-order valence-corrected chi connectivity index (χ2v) is 9.85. The van der Waals surface area contributed by atoms with Gasteiger partial charge in [0.1, 0.15) is 0 Å². The van der Waals surface area contributed by atoms with Crippen LogP contribution < -0.4 is 20.9 Å². The molecule has 5 aliphatic rings. The van der Waals surface area contributed by atoms with Gasteiger partial charge in [0.2, 0.25) is 0 Å². The van der Waals surface area contributed by atoms with Gasteiger partial charge < -0.3 is 29.9 Å². The quantitative estimate of drug-likeness (QED) is 0.256. The van der Waals surface area contributed by atoms with Gasteiger partial charge >= 0.3 is 17.1 Å². The Hall–Kier alpha value is -5.05. The predicted molar refractivity (Wildman–Crippen MR) is 149 cm³/mol. The maximum absolute atomic E-state index is 5.01. The van der Waals surface area contributed by atoms with E-state index < -0.39 is 0 Å². The molecule has 3 aliphatic heterocycles. The summed E-state index contributed by atoms with van der Waals surface area (Å²) in [6.07, 6.45) is 18.0. The molecule has 1 aromatic carbocycles. The number of nitrogens with zero attached hydrogens (tertiary/aromatic N) is 9. The summed E-state index contributed by atoms with van der Waals surface area (Å²) in [5.74, 6) is 2.12. The van der Waals surface area contributed by atoms with E-state index in [1.807, 2.05) is 72.9 Å². The standard InChI is InChI=1S/C31H17N9.Cu/c1-2-9-17-16(8-1)24-33-25(17)35-27-20-12-5-6-13-21(20)29(37-27)39-31-23-22(14-7-15-32-23)30(40-31)38-28-19-11-4-3-10-18(19)26(34-24)36-28;/h1-15,17,20H;/q-2;+2. The van der Waals surface area contributed by atoms with E-state index in [1.165, 1.54) is 0 Å². The van der Waals surface area contributed by atoms with Gasteiger partial charge in [-0.25, -0.2) is 9.97 Å². The Bertz CT molecular complexity index is 2250. The van der Waals surface area contributed by atoms with Gasteiger partial charge in [0.15, 0.2) is 0 Å². The Kier molecular flexibility index (Phi) is 5.22. The Labute approximate surface area is 243 Å². The van der Waals surface area contributed by atoms with Crippen LogP contribution in [0.5, 0.6) is 0 Å². The molecule has 10 heteroatoms. The minimum absolute atomic E-state index is 0. The fourth-order valence-corrected chi connectivity index (χ4v) is 5.64.